The fourth-order valence-corrected chi connectivity index (χ4v) is 6.21. The maximum atomic E-state index is 13.5. The number of thiophene rings is 1. The highest BCUT2D eigenvalue weighted by Crippen LogP contribution is 2.43. The average molecular weight is 465 g/mol. The van der Waals surface area contributed by atoms with Crippen molar-refractivity contribution in [1.29, 1.82) is 0 Å². The third-order valence-corrected chi connectivity index (χ3v) is 7.59. The number of hydrogen-bond acceptors (Lipinski definition) is 5. The molecule has 2 aliphatic rings. The van der Waals surface area contributed by atoms with Gasteiger partial charge in [-0.2, -0.15) is 0 Å². The van der Waals surface area contributed by atoms with E-state index >= 15 is 0 Å². The van der Waals surface area contributed by atoms with Crippen molar-refractivity contribution >= 4 is 23.1 Å². The van der Waals surface area contributed by atoms with E-state index in [0.29, 0.717) is 36.9 Å². The molecule has 0 saturated heterocycles. The van der Waals surface area contributed by atoms with E-state index in [-0.39, 0.29) is 12.1 Å². The minimum atomic E-state index is -0.138. The summed E-state index contributed by atoms with van der Waals surface area (Å²) in [6.45, 7) is 6.10. The first-order valence-electron chi connectivity index (χ1n) is 11.3. The van der Waals surface area contributed by atoms with E-state index in [2.05, 4.69) is 31.3 Å². The molecule has 1 N–H and O–H groups in total. The fraction of sp³-hybridized carbons (Fsp3) is 0.346. The van der Waals surface area contributed by atoms with Crippen LogP contribution >= 0.6 is 11.3 Å². The van der Waals surface area contributed by atoms with E-state index in [0.717, 1.165) is 24.2 Å². The summed E-state index contributed by atoms with van der Waals surface area (Å²) >= 11 is 1.81. The van der Waals surface area contributed by atoms with Crippen LogP contribution in [0.3, 0.4) is 0 Å². The summed E-state index contributed by atoms with van der Waals surface area (Å²) < 4.78 is 16.6. The van der Waals surface area contributed by atoms with Gasteiger partial charge in [-0.15, -0.1) is 11.3 Å². The van der Waals surface area contributed by atoms with Crippen LogP contribution in [0.2, 0.25) is 0 Å². The molecule has 0 bridgehead atoms. The highest BCUT2D eigenvalue weighted by Gasteiger charge is 2.35. The molecule has 0 spiro atoms. The van der Waals surface area contributed by atoms with Crippen molar-refractivity contribution in [2.24, 2.45) is 0 Å². The molecule has 172 valence electrons. The molecule has 3 aromatic rings. The molecule has 33 heavy (non-hydrogen) atoms. The van der Waals surface area contributed by atoms with Gasteiger partial charge in [-0.3, -0.25) is 0 Å². The van der Waals surface area contributed by atoms with Gasteiger partial charge in [-0.05, 0) is 60.7 Å². The SMILES string of the molecule is CCc1c(C)sc2c1CCN(C(=O)Nc1ccc3c(c1)OCCO3)[C@@H]2c1ccc(OC)cc1. The lowest BCUT2D eigenvalue weighted by Gasteiger charge is -2.36. The third-order valence-electron chi connectivity index (χ3n) is 6.35. The smallest absolute Gasteiger partial charge is 0.322 e. The molecule has 2 aromatic carbocycles. The lowest BCUT2D eigenvalue weighted by molar-refractivity contribution is 0.171. The van der Waals surface area contributed by atoms with Gasteiger partial charge in [-0.25, -0.2) is 4.79 Å². The zero-order valence-corrected chi connectivity index (χ0v) is 20.0. The van der Waals surface area contributed by atoms with Gasteiger partial charge in [0.1, 0.15) is 19.0 Å². The highest BCUT2D eigenvalue weighted by atomic mass is 32.1. The summed E-state index contributed by atoms with van der Waals surface area (Å²) in [6.07, 6.45) is 1.88. The van der Waals surface area contributed by atoms with Crippen molar-refractivity contribution in [3.8, 4) is 17.2 Å². The number of anilines is 1. The summed E-state index contributed by atoms with van der Waals surface area (Å²) in [5.41, 5.74) is 4.61. The van der Waals surface area contributed by atoms with Crippen LogP contribution in [0.1, 0.15) is 39.4 Å². The molecule has 7 heteroatoms. The Hall–Kier alpha value is -3.19. The van der Waals surface area contributed by atoms with E-state index in [1.807, 2.05) is 46.6 Å². The van der Waals surface area contributed by atoms with Crippen molar-refractivity contribution in [3.05, 3.63) is 68.9 Å². The molecule has 1 aromatic heterocycles. The Morgan fingerprint density at radius 1 is 1.15 bits per heavy atom. The quantitative estimate of drug-likeness (QED) is 0.548. The van der Waals surface area contributed by atoms with Gasteiger partial charge < -0.3 is 24.4 Å². The van der Waals surface area contributed by atoms with E-state index < -0.39 is 0 Å². The minimum Gasteiger partial charge on any atom is -0.497 e. The molecule has 2 aliphatic heterocycles. The summed E-state index contributed by atoms with van der Waals surface area (Å²) in [6, 6.07) is 13.3. The second-order valence-electron chi connectivity index (χ2n) is 8.24. The van der Waals surface area contributed by atoms with E-state index in [9.17, 15) is 4.79 Å². The first kappa shape index (κ1) is 21.6. The molecule has 0 saturated carbocycles. The van der Waals surface area contributed by atoms with E-state index in [4.69, 9.17) is 14.2 Å². The summed E-state index contributed by atoms with van der Waals surface area (Å²) in [5, 5.41) is 3.08. The van der Waals surface area contributed by atoms with Crippen LogP contribution in [-0.4, -0.2) is 37.8 Å². The molecule has 0 radical (unpaired) electrons. The topological polar surface area (TPSA) is 60.0 Å². The second-order valence-corrected chi connectivity index (χ2v) is 9.50. The molecule has 0 fully saturated rings. The Labute approximate surface area is 198 Å². The number of rotatable bonds is 4. The summed E-state index contributed by atoms with van der Waals surface area (Å²) in [5.74, 6) is 2.17. The molecule has 2 amide bonds. The monoisotopic (exact) mass is 464 g/mol. The van der Waals surface area contributed by atoms with Crippen molar-refractivity contribution in [1.82, 2.24) is 4.90 Å². The number of aryl methyl sites for hydroxylation is 1. The van der Waals surface area contributed by atoms with Crippen LogP contribution in [-0.2, 0) is 12.8 Å². The van der Waals surface area contributed by atoms with Crippen LogP contribution in [0.15, 0.2) is 42.5 Å². The van der Waals surface area contributed by atoms with Gasteiger partial charge in [0.25, 0.3) is 0 Å². The van der Waals surface area contributed by atoms with Gasteiger partial charge in [0.05, 0.1) is 13.2 Å². The fourth-order valence-electron chi connectivity index (χ4n) is 4.76. The minimum absolute atomic E-state index is 0.123. The number of urea groups is 1. The molecular weight excluding hydrogens is 436 g/mol. The van der Waals surface area contributed by atoms with Crippen LogP contribution in [0.25, 0.3) is 0 Å². The number of benzene rings is 2. The van der Waals surface area contributed by atoms with Crippen LogP contribution in [0.4, 0.5) is 10.5 Å². The number of nitrogens with one attached hydrogen (secondary N) is 1. The van der Waals surface area contributed by atoms with E-state index in [1.54, 1.807) is 7.11 Å². The zero-order chi connectivity index (χ0) is 22.9. The van der Waals surface area contributed by atoms with Gasteiger partial charge in [0.15, 0.2) is 11.5 Å². The Balaban J connectivity index is 1.48. The average Bonchev–Trinajstić information content (AvgIpc) is 3.18. The lowest BCUT2D eigenvalue weighted by atomic mass is 9.92. The Kier molecular flexibility index (Phi) is 5.89. The number of ether oxygens (including phenoxy) is 3. The van der Waals surface area contributed by atoms with Gasteiger partial charge in [0.2, 0.25) is 0 Å². The largest absolute Gasteiger partial charge is 0.497 e. The van der Waals surface area contributed by atoms with Crippen molar-refractivity contribution in [3.63, 3.8) is 0 Å². The first-order valence-corrected chi connectivity index (χ1v) is 12.1. The molecule has 1 atom stereocenters. The Morgan fingerprint density at radius 3 is 2.64 bits per heavy atom. The molecule has 0 unspecified atom stereocenters. The number of amides is 2. The molecule has 0 aliphatic carbocycles. The standard InChI is InChI=1S/C26H28N2O4S/c1-4-20-16(2)33-25-21(20)11-12-28(24(25)17-5-8-19(30-3)9-6-17)26(29)27-18-7-10-22-23(15-18)32-14-13-31-22/h5-10,15,24H,4,11-14H2,1-3H3,(H,27,29)/t24-/m1/s1. The first-order chi connectivity index (χ1) is 16.1. The van der Waals surface area contributed by atoms with Crippen LogP contribution in [0, 0.1) is 6.92 Å². The second kappa shape index (κ2) is 8.98. The number of carbonyl (C=O) groups is 1. The zero-order valence-electron chi connectivity index (χ0n) is 19.1. The van der Waals surface area contributed by atoms with Crippen LogP contribution < -0.4 is 19.5 Å². The molecule has 3 heterocycles. The Bertz CT molecular complexity index is 1170. The number of fused-ring (bicyclic) bond motifs is 2. The predicted molar refractivity (Wildman–Crippen MR) is 130 cm³/mol. The van der Waals surface area contributed by atoms with Crippen molar-refractivity contribution < 1.29 is 19.0 Å². The normalized spacial score (nSPS) is 16.8. The number of nitrogens with zero attached hydrogens (tertiary/aromatic N) is 1. The summed E-state index contributed by atoms with van der Waals surface area (Å²) in [7, 11) is 1.66. The van der Waals surface area contributed by atoms with E-state index in [1.165, 1.54) is 20.9 Å². The van der Waals surface area contributed by atoms with Gasteiger partial charge in [-0.1, -0.05) is 19.1 Å². The van der Waals surface area contributed by atoms with Crippen LogP contribution in [0.5, 0.6) is 17.2 Å². The predicted octanol–water partition coefficient (Wildman–Crippen LogP) is 5.58. The molecule has 5 rings (SSSR count). The maximum Gasteiger partial charge on any atom is 0.322 e. The number of carbonyl (C=O) groups excluding carboxylic acids is 1. The van der Waals surface area contributed by atoms with Gasteiger partial charge >= 0.3 is 6.03 Å². The Morgan fingerprint density at radius 2 is 1.91 bits per heavy atom. The van der Waals surface area contributed by atoms with Gasteiger partial charge in [0, 0.05) is 28.1 Å². The lowest BCUT2D eigenvalue weighted by Crippen LogP contribution is -2.42. The number of hydrogen-bond donors (Lipinski definition) is 1. The summed E-state index contributed by atoms with van der Waals surface area (Å²) in [4.78, 5) is 18.1. The number of methoxy groups -OCH3 is 1. The third kappa shape index (κ3) is 4.02. The molecular formula is C26H28N2O4S. The molecule has 6 nitrogen and oxygen atoms in total. The van der Waals surface area contributed by atoms with Crippen molar-refractivity contribution in [2.45, 2.75) is 32.7 Å². The van der Waals surface area contributed by atoms with Crippen molar-refractivity contribution in [2.75, 3.05) is 32.2 Å². The maximum absolute atomic E-state index is 13.5. The highest BCUT2D eigenvalue weighted by molar-refractivity contribution is 7.12.